The van der Waals surface area contributed by atoms with Crippen molar-refractivity contribution >= 4 is 5.82 Å². The molecule has 0 aromatic carbocycles. The van der Waals surface area contributed by atoms with Crippen LogP contribution >= 0.6 is 0 Å². The molecular formula is C13H20N4O. The van der Waals surface area contributed by atoms with Crippen LogP contribution in [0.5, 0.6) is 0 Å². The Morgan fingerprint density at radius 3 is 2.72 bits per heavy atom. The molecule has 5 heteroatoms. The lowest BCUT2D eigenvalue weighted by atomic mass is 9.96. The van der Waals surface area contributed by atoms with Crippen LogP contribution in [0.3, 0.4) is 0 Å². The van der Waals surface area contributed by atoms with Crippen molar-refractivity contribution in [3.63, 3.8) is 0 Å². The van der Waals surface area contributed by atoms with Gasteiger partial charge < -0.3 is 15.4 Å². The number of nitrogens with one attached hydrogen (secondary N) is 2. The van der Waals surface area contributed by atoms with Crippen molar-refractivity contribution in [3.05, 3.63) is 17.8 Å². The fraction of sp³-hybridized carbons (Fsp3) is 0.692. The molecule has 1 aromatic heterocycles. The highest BCUT2D eigenvalue weighted by Crippen LogP contribution is 2.25. The summed E-state index contributed by atoms with van der Waals surface area (Å²) < 4.78 is 5.37. The highest BCUT2D eigenvalue weighted by atomic mass is 16.5. The van der Waals surface area contributed by atoms with Gasteiger partial charge in [-0.3, -0.25) is 0 Å². The number of nitrogens with zero attached hydrogens (tertiary/aromatic N) is 2. The summed E-state index contributed by atoms with van der Waals surface area (Å²) in [7, 11) is 0. The number of rotatable bonds is 3. The number of hydrogen-bond donors (Lipinski definition) is 2. The maximum atomic E-state index is 5.37. The Labute approximate surface area is 107 Å². The Bertz CT molecular complexity index is 369. The van der Waals surface area contributed by atoms with Gasteiger partial charge in [-0.2, -0.15) is 5.10 Å². The summed E-state index contributed by atoms with van der Waals surface area (Å²) in [5.41, 5.74) is 1.10. The predicted octanol–water partition coefficient (Wildman–Crippen LogP) is 1.14. The van der Waals surface area contributed by atoms with Gasteiger partial charge in [0.1, 0.15) is 5.82 Å². The topological polar surface area (TPSA) is 59.1 Å². The smallest absolute Gasteiger partial charge is 0.148 e. The van der Waals surface area contributed by atoms with E-state index < -0.39 is 0 Å². The summed E-state index contributed by atoms with van der Waals surface area (Å²) in [6.07, 6.45) is 3.28. The normalized spacial score (nSPS) is 25.2. The van der Waals surface area contributed by atoms with Gasteiger partial charge in [0.05, 0.1) is 5.69 Å². The first-order chi connectivity index (χ1) is 8.92. The zero-order chi connectivity index (χ0) is 12.2. The lowest BCUT2D eigenvalue weighted by Crippen LogP contribution is -2.23. The van der Waals surface area contributed by atoms with Gasteiger partial charge in [0.15, 0.2) is 0 Å². The third kappa shape index (κ3) is 2.79. The molecule has 2 N–H and O–H groups in total. The van der Waals surface area contributed by atoms with Crippen LogP contribution in [0.1, 0.15) is 30.9 Å². The Kier molecular flexibility index (Phi) is 3.71. The van der Waals surface area contributed by atoms with Gasteiger partial charge in [-0.05, 0) is 37.9 Å². The number of ether oxygens (including phenoxy) is 1. The second kappa shape index (κ2) is 5.63. The Morgan fingerprint density at radius 2 is 2.06 bits per heavy atom. The highest BCUT2D eigenvalue weighted by Gasteiger charge is 2.18. The maximum Gasteiger partial charge on any atom is 0.148 e. The largest absolute Gasteiger partial charge is 0.381 e. The van der Waals surface area contributed by atoms with Gasteiger partial charge in [0, 0.05) is 31.7 Å². The molecule has 2 saturated heterocycles. The van der Waals surface area contributed by atoms with E-state index in [4.69, 9.17) is 4.74 Å². The van der Waals surface area contributed by atoms with E-state index in [2.05, 4.69) is 33.0 Å². The van der Waals surface area contributed by atoms with E-state index >= 15 is 0 Å². The van der Waals surface area contributed by atoms with Crippen LogP contribution in [0.15, 0.2) is 12.1 Å². The van der Waals surface area contributed by atoms with Crippen LogP contribution in [-0.2, 0) is 4.74 Å². The molecule has 2 aliphatic rings. The highest BCUT2D eigenvalue weighted by molar-refractivity contribution is 5.35. The molecule has 1 atom stereocenters. The summed E-state index contributed by atoms with van der Waals surface area (Å²) >= 11 is 0. The fourth-order valence-corrected chi connectivity index (χ4v) is 2.62. The van der Waals surface area contributed by atoms with Gasteiger partial charge in [-0.15, -0.1) is 5.10 Å². The molecule has 18 heavy (non-hydrogen) atoms. The molecule has 0 saturated carbocycles. The van der Waals surface area contributed by atoms with E-state index in [0.717, 1.165) is 57.1 Å². The van der Waals surface area contributed by atoms with Crippen molar-refractivity contribution in [1.82, 2.24) is 15.5 Å². The zero-order valence-electron chi connectivity index (χ0n) is 10.6. The molecule has 2 fully saturated rings. The van der Waals surface area contributed by atoms with Crippen LogP contribution in [-0.4, -0.2) is 42.5 Å². The molecule has 1 unspecified atom stereocenters. The molecular weight excluding hydrogens is 228 g/mol. The average Bonchev–Trinajstić information content (AvgIpc) is 2.94. The van der Waals surface area contributed by atoms with E-state index in [1.54, 1.807) is 0 Å². The predicted molar refractivity (Wildman–Crippen MR) is 69.7 cm³/mol. The molecule has 1 aromatic rings. The molecule has 5 nitrogen and oxygen atoms in total. The molecule has 2 aliphatic heterocycles. The van der Waals surface area contributed by atoms with E-state index in [1.165, 1.54) is 0 Å². The number of aromatic nitrogens is 2. The molecule has 0 bridgehead atoms. The molecule has 0 radical (unpaired) electrons. The molecule has 3 heterocycles. The summed E-state index contributed by atoms with van der Waals surface area (Å²) in [5, 5.41) is 15.4. The van der Waals surface area contributed by atoms with Gasteiger partial charge in [0.2, 0.25) is 0 Å². The summed E-state index contributed by atoms with van der Waals surface area (Å²) in [6.45, 7) is 3.80. The fourth-order valence-electron chi connectivity index (χ4n) is 2.62. The second-order valence-corrected chi connectivity index (χ2v) is 5.06. The Hall–Kier alpha value is -1.20. The third-order valence-electron chi connectivity index (χ3n) is 3.74. The third-order valence-corrected chi connectivity index (χ3v) is 3.74. The monoisotopic (exact) mass is 248 g/mol. The quantitative estimate of drug-likeness (QED) is 0.840. The average molecular weight is 248 g/mol. The first kappa shape index (κ1) is 11.9. The van der Waals surface area contributed by atoms with Crippen molar-refractivity contribution in [2.75, 3.05) is 31.6 Å². The van der Waals surface area contributed by atoms with Gasteiger partial charge in [-0.1, -0.05) is 0 Å². The van der Waals surface area contributed by atoms with Crippen LogP contribution in [0.2, 0.25) is 0 Å². The molecule has 0 spiro atoms. The van der Waals surface area contributed by atoms with E-state index in [0.29, 0.717) is 12.0 Å². The molecule has 3 rings (SSSR count). The number of anilines is 1. The Balaban J connectivity index is 1.60. The maximum absolute atomic E-state index is 5.37. The van der Waals surface area contributed by atoms with Crippen LogP contribution in [0, 0.1) is 0 Å². The lowest BCUT2D eigenvalue weighted by molar-refractivity contribution is 0.0843. The summed E-state index contributed by atoms with van der Waals surface area (Å²) in [4.78, 5) is 0. The van der Waals surface area contributed by atoms with E-state index in [-0.39, 0.29) is 0 Å². The molecule has 0 amide bonds. The van der Waals surface area contributed by atoms with Crippen molar-refractivity contribution in [2.45, 2.75) is 31.2 Å². The first-order valence-corrected chi connectivity index (χ1v) is 6.80. The van der Waals surface area contributed by atoms with Gasteiger partial charge in [-0.25, -0.2) is 0 Å². The lowest BCUT2D eigenvalue weighted by Gasteiger charge is -2.21. The Morgan fingerprint density at radius 1 is 1.17 bits per heavy atom. The van der Waals surface area contributed by atoms with E-state index in [9.17, 15) is 0 Å². The molecule has 98 valence electrons. The van der Waals surface area contributed by atoms with Crippen molar-refractivity contribution < 1.29 is 4.74 Å². The minimum Gasteiger partial charge on any atom is -0.381 e. The standard InChI is InChI=1S/C13H20N4O/c1-2-13(15-11-3-6-14-9-11)17-16-12(1)10-4-7-18-8-5-10/h1-2,10-11,14H,3-9H2,(H,15,17). The zero-order valence-corrected chi connectivity index (χ0v) is 10.6. The van der Waals surface area contributed by atoms with Crippen molar-refractivity contribution in [2.24, 2.45) is 0 Å². The minimum absolute atomic E-state index is 0.494. The molecule has 0 aliphatic carbocycles. The van der Waals surface area contributed by atoms with Crippen LogP contribution < -0.4 is 10.6 Å². The van der Waals surface area contributed by atoms with Gasteiger partial charge in [0.25, 0.3) is 0 Å². The van der Waals surface area contributed by atoms with E-state index in [1.807, 2.05) is 0 Å². The SMILES string of the molecule is c1cc(C2CCOCC2)nnc1NC1CCNC1. The minimum atomic E-state index is 0.494. The first-order valence-electron chi connectivity index (χ1n) is 6.80. The van der Waals surface area contributed by atoms with Gasteiger partial charge >= 0.3 is 0 Å². The van der Waals surface area contributed by atoms with Crippen molar-refractivity contribution in [1.29, 1.82) is 0 Å². The summed E-state index contributed by atoms with van der Waals surface area (Å²) in [5.74, 6) is 1.41. The van der Waals surface area contributed by atoms with Crippen molar-refractivity contribution in [3.8, 4) is 0 Å². The van der Waals surface area contributed by atoms with Crippen LogP contribution in [0.25, 0.3) is 0 Å². The summed E-state index contributed by atoms with van der Waals surface area (Å²) in [6, 6.07) is 4.65. The second-order valence-electron chi connectivity index (χ2n) is 5.06. The van der Waals surface area contributed by atoms with Crippen LogP contribution in [0.4, 0.5) is 5.82 Å². The number of hydrogen-bond acceptors (Lipinski definition) is 5.